The van der Waals surface area contributed by atoms with E-state index in [4.69, 9.17) is 21.7 Å². The van der Waals surface area contributed by atoms with Crippen LogP contribution in [-0.2, 0) is 24.0 Å². The quantitative estimate of drug-likeness (QED) is 0.188. The van der Waals surface area contributed by atoms with Gasteiger partial charge in [0.05, 0.1) is 25.6 Å². The van der Waals surface area contributed by atoms with Gasteiger partial charge in [-0.3, -0.25) is 19.2 Å². The van der Waals surface area contributed by atoms with Gasteiger partial charge in [0.2, 0.25) is 23.6 Å². The molecule has 0 aromatic heterocycles. The average molecular weight is 375 g/mol. The van der Waals surface area contributed by atoms with Crippen LogP contribution in [0.5, 0.6) is 0 Å². The van der Waals surface area contributed by atoms with E-state index in [1.54, 1.807) is 13.8 Å². The number of aliphatic carboxylic acids is 1. The van der Waals surface area contributed by atoms with Crippen LogP contribution in [0.1, 0.15) is 20.3 Å². The Labute approximate surface area is 149 Å². The second-order valence-electron chi connectivity index (χ2n) is 5.87. The highest BCUT2D eigenvalue weighted by Gasteiger charge is 2.27. The molecule has 3 atom stereocenters. The third kappa shape index (κ3) is 8.39. The highest BCUT2D eigenvalue weighted by atomic mass is 16.4. The van der Waals surface area contributed by atoms with Crippen molar-refractivity contribution in [3.63, 3.8) is 0 Å². The number of nitrogens with two attached hydrogens (primary N) is 2. The number of aliphatic hydroxyl groups excluding tert-OH is 1. The molecule has 12 nitrogen and oxygen atoms in total. The van der Waals surface area contributed by atoms with E-state index in [1.165, 1.54) is 0 Å². The molecule has 0 aliphatic heterocycles. The lowest BCUT2D eigenvalue weighted by atomic mass is 10.0. The molecule has 0 fully saturated rings. The fourth-order valence-corrected chi connectivity index (χ4v) is 1.81. The molecule has 0 saturated carbocycles. The van der Waals surface area contributed by atoms with Crippen molar-refractivity contribution in [2.24, 2.45) is 17.4 Å². The van der Waals surface area contributed by atoms with Gasteiger partial charge in [-0.15, -0.1) is 0 Å². The lowest BCUT2D eigenvalue weighted by Crippen LogP contribution is -2.55. The van der Waals surface area contributed by atoms with Crippen molar-refractivity contribution in [1.82, 2.24) is 16.0 Å². The van der Waals surface area contributed by atoms with Crippen molar-refractivity contribution in [3.8, 4) is 0 Å². The van der Waals surface area contributed by atoms with E-state index in [1.807, 2.05) is 5.32 Å². The van der Waals surface area contributed by atoms with E-state index in [-0.39, 0.29) is 5.92 Å². The third-order valence-electron chi connectivity index (χ3n) is 3.24. The highest BCUT2D eigenvalue weighted by Crippen LogP contribution is 2.03. The van der Waals surface area contributed by atoms with Gasteiger partial charge >= 0.3 is 5.97 Å². The number of carboxylic acid groups (broad SMARTS) is 1. The van der Waals surface area contributed by atoms with Crippen LogP contribution >= 0.6 is 0 Å². The van der Waals surface area contributed by atoms with Gasteiger partial charge < -0.3 is 37.6 Å². The molecule has 0 radical (unpaired) electrons. The zero-order valence-corrected chi connectivity index (χ0v) is 14.5. The van der Waals surface area contributed by atoms with Gasteiger partial charge in [-0.1, -0.05) is 13.8 Å². The number of carbonyl (C=O) groups excluding carboxylic acids is 4. The number of aliphatic hydroxyl groups is 1. The number of hydrogen-bond acceptors (Lipinski definition) is 7. The summed E-state index contributed by atoms with van der Waals surface area (Å²) < 4.78 is 0. The molecule has 12 heteroatoms. The summed E-state index contributed by atoms with van der Waals surface area (Å²) in [5, 5.41) is 24.2. The summed E-state index contributed by atoms with van der Waals surface area (Å²) in [6, 6.07) is -3.75. The molecule has 26 heavy (non-hydrogen) atoms. The number of primary amides is 1. The summed E-state index contributed by atoms with van der Waals surface area (Å²) >= 11 is 0. The van der Waals surface area contributed by atoms with Gasteiger partial charge in [0.1, 0.15) is 12.1 Å². The molecule has 0 aliphatic carbocycles. The number of carbonyl (C=O) groups is 5. The molecule has 0 heterocycles. The molecule has 0 saturated heterocycles. The van der Waals surface area contributed by atoms with E-state index in [9.17, 15) is 24.0 Å². The third-order valence-corrected chi connectivity index (χ3v) is 3.24. The normalized spacial score (nSPS) is 14.0. The van der Waals surface area contributed by atoms with Crippen molar-refractivity contribution in [2.75, 3.05) is 13.2 Å². The van der Waals surface area contributed by atoms with Crippen LogP contribution in [0.25, 0.3) is 0 Å². The molecule has 0 rings (SSSR count). The summed E-state index contributed by atoms with van der Waals surface area (Å²) in [6.45, 7) is 1.90. The van der Waals surface area contributed by atoms with Crippen molar-refractivity contribution in [1.29, 1.82) is 0 Å². The summed E-state index contributed by atoms with van der Waals surface area (Å²) in [7, 11) is 0. The monoisotopic (exact) mass is 375 g/mol. The Hall–Kier alpha value is -2.73. The molecule has 0 aromatic rings. The Bertz CT molecular complexity index is 552. The first-order valence-electron chi connectivity index (χ1n) is 7.74. The number of hydrogen-bond donors (Lipinski definition) is 7. The summed E-state index contributed by atoms with van der Waals surface area (Å²) in [6.07, 6.45) is -0.390. The molecular formula is C14H25N5O7. The van der Waals surface area contributed by atoms with Crippen molar-refractivity contribution in [2.45, 2.75) is 38.4 Å². The Morgan fingerprint density at radius 1 is 1.04 bits per heavy atom. The average Bonchev–Trinajstić information content (AvgIpc) is 2.53. The van der Waals surface area contributed by atoms with Gasteiger partial charge in [0.25, 0.3) is 0 Å². The first kappa shape index (κ1) is 23.3. The Kier molecular flexibility index (Phi) is 9.84. The molecule has 148 valence electrons. The maximum Gasteiger partial charge on any atom is 0.328 e. The lowest BCUT2D eigenvalue weighted by molar-refractivity contribution is -0.142. The van der Waals surface area contributed by atoms with Crippen LogP contribution < -0.4 is 27.4 Å². The van der Waals surface area contributed by atoms with E-state index in [0.717, 1.165) is 0 Å². The number of nitrogens with one attached hydrogen (secondary N) is 3. The fraction of sp³-hybridized carbons (Fsp3) is 0.643. The first-order valence-corrected chi connectivity index (χ1v) is 7.74. The van der Waals surface area contributed by atoms with E-state index >= 15 is 0 Å². The second-order valence-corrected chi connectivity index (χ2v) is 5.87. The number of rotatable bonds is 11. The maximum absolute atomic E-state index is 12.2. The maximum atomic E-state index is 12.2. The molecule has 0 spiro atoms. The Morgan fingerprint density at radius 3 is 2.04 bits per heavy atom. The Morgan fingerprint density at radius 2 is 1.62 bits per heavy atom. The predicted octanol–water partition coefficient (Wildman–Crippen LogP) is -3.99. The largest absolute Gasteiger partial charge is 0.480 e. The van der Waals surface area contributed by atoms with E-state index in [2.05, 4.69) is 10.6 Å². The minimum atomic E-state index is -1.49. The first-order chi connectivity index (χ1) is 12.0. The SMILES string of the molecule is CC(C)C(NC(=O)C(N)CC(N)=O)C(=O)NCC(=O)NC(CO)C(=O)O. The van der Waals surface area contributed by atoms with E-state index < -0.39 is 67.3 Å². The smallest absolute Gasteiger partial charge is 0.328 e. The molecule has 0 aliphatic rings. The zero-order chi connectivity index (χ0) is 20.4. The van der Waals surface area contributed by atoms with Crippen LogP contribution in [0.3, 0.4) is 0 Å². The fourth-order valence-electron chi connectivity index (χ4n) is 1.81. The summed E-state index contributed by atoms with van der Waals surface area (Å²) in [4.78, 5) is 57.2. The topological polar surface area (TPSA) is 214 Å². The predicted molar refractivity (Wildman–Crippen MR) is 88.2 cm³/mol. The van der Waals surface area contributed by atoms with Crippen molar-refractivity contribution < 1.29 is 34.2 Å². The van der Waals surface area contributed by atoms with Crippen LogP contribution in [0.4, 0.5) is 0 Å². The standard InChI is InChI=1S/C14H25N5O7/c1-6(2)11(19-12(23)7(15)3-9(16)21)13(24)17-4-10(22)18-8(5-20)14(25)26/h6-8,11,20H,3-5,15H2,1-2H3,(H2,16,21)(H,17,24)(H,18,22)(H,19,23)(H,25,26). The number of carboxylic acids is 1. The van der Waals surface area contributed by atoms with Gasteiger partial charge in [-0.2, -0.15) is 0 Å². The minimum Gasteiger partial charge on any atom is -0.480 e. The summed E-state index contributed by atoms with van der Waals surface area (Å²) in [5.41, 5.74) is 10.5. The van der Waals surface area contributed by atoms with Gasteiger partial charge in [0, 0.05) is 0 Å². The van der Waals surface area contributed by atoms with Crippen LogP contribution in [0, 0.1) is 5.92 Å². The molecule has 9 N–H and O–H groups in total. The van der Waals surface area contributed by atoms with E-state index in [0.29, 0.717) is 0 Å². The second kappa shape index (κ2) is 11.0. The highest BCUT2D eigenvalue weighted by molar-refractivity contribution is 5.94. The molecule has 3 unspecified atom stereocenters. The van der Waals surface area contributed by atoms with Gasteiger partial charge in [0.15, 0.2) is 0 Å². The van der Waals surface area contributed by atoms with Gasteiger partial charge in [-0.05, 0) is 5.92 Å². The van der Waals surface area contributed by atoms with Crippen LogP contribution in [0.15, 0.2) is 0 Å². The molecule has 0 aromatic carbocycles. The Balaban J connectivity index is 4.69. The lowest BCUT2D eigenvalue weighted by Gasteiger charge is -2.23. The van der Waals surface area contributed by atoms with Crippen molar-refractivity contribution >= 4 is 29.6 Å². The molecule has 0 bridgehead atoms. The number of amides is 4. The summed E-state index contributed by atoms with van der Waals surface area (Å²) in [5.74, 6) is -4.86. The molecule has 4 amide bonds. The van der Waals surface area contributed by atoms with Crippen LogP contribution in [-0.4, -0.2) is 71.1 Å². The van der Waals surface area contributed by atoms with Crippen LogP contribution in [0.2, 0.25) is 0 Å². The minimum absolute atomic E-state index is 0.369. The van der Waals surface area contributed by atoms with Gasteiger partial charge in [-0.25, -0.2) is 4.79 Å². The molecular weight excluding hydrogens is 350 g/mol. The zero-order valence-electron chi connectivity index (χ0n) is 14.5. The van der Waals surface area contributed by atoms with Crippen molar-refractivity contribution in [3.05, 3.63) is 0 Å².